The van der Waals surface area contributed by atoms with Crippen molar-refractivity contribution in [2.45, 2.75) is 74.8 Å². The fourth-order valence-electron chi connectivity index (χ4n) is 7.22. The fourth-order valence-corrected chi connectivity index (χ4v) is 7.22. The van der Waals surface area contributed by atoms with Gasteiger partial charge in [0.25, 0.3) is 5.91 Å². The Bertz CT molecular complexity index is 2780. The van der Waals surface area contributed by atoms with Crippen LogP contribution in [-0.4, -0.2) is 138 Å². The number of nitrogens with two attached hydrogens (primary N) is 2. The quantitative estimate of drug-likeness (QED) is 0.0206. The number of carbonyl (C=O) groups excluding carboxylic acids is 7. The van der Waals surface area contributed by atoms with Crippen LogP contribution in [0, 0.1) is 0 Å². The molecule has 6 amide bonds. The molecule has 0 aliphatic carbocycles. The number of imidazole rings is 6. The van der Waals surface area contributed by atoms with E-state index >= 15 is 0 Å². The highest BCUT2D eigenvalue weighted by atomic mass is 16.2. The maximum Gasteiger partial charge on any atom is 0.252 e. The minimum absolute atomic E-state index is 0.0711. The van der Waals surface area contributed by atoms with Crippen molar-refractivity contribution < 1.29 is 33.6 Å². The van der Waals surface area contributed by atoms with Crippen LogP contribution in [0.1, 0.15) is 44.5 Å². The van der Waals surface area contributed by atoms with E-state index in [0.29, 0.717) is 40.4 Å². The summed E-state index contributed by atoms with van der Waals surface area (Å²) in [4.78, 5) is 138. The lowest BCUT2D eigenvalue weighted by molar-refractivity contribution is -0.135. The van der Waals surface area contributed by atoms with Crippen LogP contribution in [-0.2, 0) is 67.3 Å². The van der Waals surface area contributed by atoms with E-state index in [1.165, 1.54) is 93.3 Å². The Morgan fingerprint density at radius 2 is 0.729 bits per heavy atom. The molecule has 0 aliphatic rings. The topological polar surface area (TPSA) is 416 Å². The molecular weight excluding hydrogens is 909 g/mol. The molecule has 0 spiro atoms. The SMILES string of the molecule is Nc1ccc(C(=O)NC(Cc2cnc[nH]2)C(=O)N[C@@H](Cc2cnc[nH]2)C(=O)NC(Cc2cnc[nH]2)C(=O)N[C@@H](Cc2cnc[nH]2)C(=O)NC(Cc2cnc[nH]2)C(=O)N[C@H](C=O)Cc2cnc[nH]2)cc1N. The number of rotatable bonds is 25. The number of aromatic nitrogens is 12. The van der Waals surface area contributed by atoms with E-state index < -0.39 is 71.7 Å². The smallest absolute Gasteiger partial charge is 0.252 e. The number of hydrogen-bond donors (Lipinski definition) is 14. The number of nitrogens with zero attached hydrogens (tertiary/aromatic N) is 6. The number of anilines is 2. The van der Waals surface area contributed by atoms with Gasteiger partial charge in [-0.05, 0) is 18.2 Å². The molecule has 364 valence electrons. The molecule has 1 aromatic carbocycles. The minimum atomic E-state index is -1.41. The van der Waals surface area contributed by atoms with Crippen LogP contribution in [0.2, 0.25) is 0 Å². The van der Waals surface area contributed by atoms with Gasteiger partial charge in [0.05, 0.1) is 55.4 Å². The third-order valence-corrected chi connectivity index (χ3v) is 10.9. The molecule has 6 aromatic heterocycles. The molecule has 0 saturated carbocycles. The molecule has 0 aliphatic heterocycles. The lowest BCUT2D eigenvalue weighted by atomic mass is 10.0. The summed E-state index contributed by atoms with van der Waals surface area (Å²) < 4.78 is 0. The predicted molar refractivity (Wildman–Crippen MR) is 246 cm³/mol. The van der Waals surface area contributed by atoms with Gasteiger partial charge in [0.2, 0.25) is 29.5 Å². The Balaban J connectivity index is 1.11. The molecule has 0 bridgehead atoms. The van der Waals surface area contributed by atoms with Crippen LogP contribution in [0.25, 0.3) is 0 Å². The van der Waals surface area contributed by atoms with E-state index in [4.69, 9.17) is 11.5 Å². The molecule has 7 aromatic rings. The van der Waals surface area contributed by atoms with Crippen molar-refractivity contribution in [2.24, 2.45) is 0 Å². The summed E-state index contributed by atoms with van der Waals surface area (Å²) in [5, 5.41) is 16.2. The summed E-state index contributed by atoms with van der Waals surface area (Å²) in [6, 6.07) is -3.45. The van der Waals surface area contributed by atoms with Gasteiger partial charge in [0, 0.05) is 115 Å². The number of aldehydes is 1. The first kappa shape index (κ1) is 48.5. The summed E-state index contributed by atoms with van der Waals surface area (Å²) in [6.45, 7) is 0. The minimum Gasteiger partial charge on any atom is -0.397 e. The van der Waals surface area contributed by atoms with Gasteiger partial charge in [-0.15, -0.1) is 0 Å². The Labute approximate surface area is 396 Å². The number of nitrogens with one attached hydrogen (secondary N) is 12. The van der Waals surface area contributed by atoms with Crippen LogP contribution in [0.5, 0.6) is 0 Å². The monoisotopic (exact) mass is 958 g/mol. The van der Waals surface area contributed by atoms with E-state index in [-0.39, 0.29) is 55.5 Å². The van der Waals surface area contributed by atoms with E-state index in [9.17, 15) is 33.6 Å². The number of aromatic amines is 6. The van der Waals surface area contributed by atoms with E-state index in [2.05, 4.69) is 91.7 Å². The van der Waals surface area contributed by atoms with Gasteiger partial charge in [-0.2, -0.15) is 0 Å². The first-order chi connectivity index (χ1) is 33.9. The molecule has 3 unspecified atom stereocenters. The van der Waals surface area contributed by atoms with Crippen molar-refractivity contribution in [3.63, 3.8) is 0 Å². The van der Waals surface area contributed by atoms with E-state index in [1.807, 2.05) is 0 Å². The van der Waals surface area contributed by atoms with Crippen molar-refractivity contribution in [3.05, 3.63) is 133 Å². The van der Waals surface area contributed by atoms with Gasteiger partial charge >= 0.3 is 0 Å². The van der Waals surface area contributed by atoms with Gasteiger partial charge in [-0.1, -0.05) is 0 Å². The van der Waals surface area contributed by atoms with Gasteiger partial charge in [-0.25, -0.2) is 29.9 Å². The summed E-state index contributed by atoms with van der Waals surface area (Å²) in [7, 11) is 0. The molecule has 6 atom stereocenters. The number of H-pyrrole nitrogens is 6. The van der Waals surface area contributed by atoms with E-state index in [0.717, 1.165) is 0 Å². The largest absolute Gasteiger partial charge is 0.397 e. The van der Waals surface area contributed by atoms with Gasteiger partial charge in [-0.3, -0.25) is 28.8 Å². The van der Waals surface area contributed by atoms with Crippen molar-refractivity contribution in [1.29, 1.82) is 0 Å². The zero-order valence-corrected chi connectivity index (χ0v) is 37.1. The van der Waals surface area contributed by atoms with Crippen molar-refractivity contribution >= 4 is 53.1 Å². The Hall–Kier alpha value is -9.43. The lowest BCUT2D eigenvalue weighted by Crippen LogP contribution is -2.60. The molecule has 70 heavy (non-hydrogen) atoms. The lowest BCUT2D eigenvalue weighted by Gasteiger charge is -2.27. The third-order valence-electron chi connectivity index (χ3n) is 10.9. The third kappa shape index (κ3) is 13.6. The summed E-state index contributed by atoms with van der Waals surface area (Å²) in [6.07, 6.45) is 17.2. The van der Waals surface area contributed by atoms with Gasteiger partial charge in [0.15, 0.2) is 0 Å². The maximum absolute atomic E-state index is 14.5. The Kier molecular flexibility index (Phi) is 16.2. The van der Waals surface area contributed by atoms with Crippen LogP contribution >= 0.6 is 0 Å². The molecule has 6 heterocycles. The predicted octanol–water partition coefficient (Wildman–Crippen LogP) is -2.63. The standard InChI is InChI=1S/C43H50N20O7/c44-31-2-1-23(3-32(31)45)38(65)59-34(6-26-12-48-19-54-26)40(67)61-36(8-28-14-50-21-56-28)42(69)63-37(9-29-15-51-22-57-29)43(70)62-35(7-27-13-49-20-55-27)41(68)60-33(5-25-11-47-18-53-25)39(66)58-30(16-64)4-24-10-46-17-52-24/h1-3,10-22,30,33-37H,4-9,44-45H2,(H,46,52)(H,47,53)(H,48,54)(H,49,55)(H,50,56)(H,51,57)(H,58,66)(H,59,65)(H,60,68)(H,61,67)(H,62,70)(H,63,69)/t30-,33?,34?,35-,36-,37?/m0/s1. The number of amides is 6. The molecule has 0 radical (unpaired) electrons. The zero-order valence-electron chi connectivity index (χ0n) is 37.1. The van der Waals surface area contributed by atoms with Crippen molar-refractivity contribution in [2.75, 3.05) is 11.5 Å². The molecular formula is C43H50N20O7. The zero-order chi connectivity index (χ0) is 49.4. The highest BCUT2D eigenvalue weighted by Crippen LogP contribution is 2.17. The fraction of sp³-hybridized carbons (Fsp3) is 0.279. The van der Waals surface area contributed by atoms with E-state index in [1.54, 1.807) is 0 Å². The second-order valence-corrected chi connectivity index (χ2v) is 16.1. The van der Waals surface area contributed by atoms with Crippen LogP contribution in [0.3, 0.4) is 0 Å². The van der Waals surface area contributed by atoms with Gasteiger partial charge < -0.3 is 78.1 Å². The molecule has 7 rings (SSSR count). The van der Waals surface area contributed by atoms with Crippen LogP contribution in [0.15, 0.2) is 93.3 Å². The molecule has 0 fully saturated rings. The molecule has 27 heteroatoms. The van der Waals surface area contributed by atoms with Gasteiger partial charge in [0.1, 0.15) is 36.5 Å². The average molecular weight is 959 g/mol. The van der Waals surface area contributed by atoms with Crippen LogP contribution in [0.4, 0.5) is 11.4 Å². The first-order valence-electron chi connectivity index (χ1n) is 21.7. The highest BCUT2D eigenvalue weighted by Gasteiger charge is 2.34. The first-order valence-corrected chi connectivity index (χ1v) is 21.7. The molecule has 27 nitrogen and oxygen atoms in total. The maximum atomic E-state index is 14.5. The average Bonchev–Trinajstić information content (AvgIpc) is 4.20. The normalized spacial score (nSPS) is 13.7. The van der Waals surface area contributed by atoms with Crippen molar-refractivity contribution in [1.82, 2.24) is 91.7 Å². The Morgan fingerprint density at radius 3 is 1.01 bits per heavy atom. The molecule has 0 saturated heterocycles. The molecule has 16 N–H and O–H groups in total. The summed E-state index contributed by atoms with van der Waals surface area (Å²) in [5.41, 5.74) is 15.2. The number of benzene rings is 1. The second-order valence-electron chi connectivity index (χ2n) is 16.1. The summed E-state index contributed by atoms with van der Waals surface area (Å²) >= 11 is 0. The highest BCUT2D eigenvalue weighted by molar-refractivity contribution is 6.00. The number of hydrogen-bond acceptors (Lipinski definition) is 15. The second kappa shape index (κ2) is 23.3. The number of carbonyl (C=O) groups is 7. The number of nitrogen functional groups attached to an aromatic ring is 2. The Morgan fingerprint density at radius 1 is 0.429 bits per heavy atom. The van der Waals surface area contributed by atoms with Crippen molar-refractivity contribution in [3.8, 4) is 0 Å². The summed E-state index contributed by atoms with van der Waals surface area (Å²) in [5.74, 6) is -4.60. The van der Waals surface area contributed by atoms with Crippen LogP contribution < -0.4 is 43.4 Å².